The maximum atomic E-state index is 9.00. The molecule has 0 radical (unpaired) electrons. The summed E-state index contributed by atoms with van der Waals surface area (Å²) in [5.41, 5.74) is 0.906. The fraction of sp³-hybridized carbons (Fsp3) is 0.636. The lowest BCUT2D eigenvalue weighted by atomic mass is 9.91. The van der Waals surface area contributed by atoms with Crippen LogP contribution in [0.15, 0.2) is 0 Å². The second kappa shape index (κ2) is 3.70. The van der Waals surface area contributed by atoms with Crippen molar-refractivity contribution in [1.82, 2.24) is 4.98 Å². The van der Waals surface area contributed by atoms with Gasteiger partial charge in [0.25, 0.3) is 0 Å². The van der Waals surface area contributed by atoms with E-state index >= 15 is 0 Å². The molecule has 1 aromatic heterocycles. The zero-order valence-electron chi connectivity index (χ0n) is 9.38. The molecule has 1 rings (SSSR count). The van der Waals surface area contributed by atoms with E-state index in [9.17, 15) is 0 Å². The fourth-order valence-corrected chi connectivity index (χ4v) is 2.24. The molecule has 0 aliphatic carbocycles. The molecule has 0 unspecified atom stereocenters. The summed E-state index contributed by atoms with van der Waals surface area (Å²) in [5, 5.41) is 10.1. The van der Waals surface area contributed by atoms with Gasteiger partial charge in [-0.25, -0.2) is 4.98 Å². The monoisotopic (exact) mass is 208 g/mol. The number of aromatic nitrogens is 1. The third-order valence-corrected chi connectivity index (χ3v) is 3.21. The molecule has 14 heavy (non-hydrogen) atoms. The average molecular weight is 208 g/mol. The molecule has 0 N–H and O–H groups in total. The van der Waals surface area contributed by atoms with Gasteiger partial charge in [-0.1, -0.05) is 34.6 Å². The van der Waals surface area contributed by atoms with Crippen molar-refractivity contribution in [3.63, 3.8) is 0 Å². The van der Waals surface area contributed by atoms with Crippen molar-refractivity contribution < 1.29 is 0 Å². The molecule has 1 heterocycles. The lowest BCUT2D eigenvalue weighted by molar-refractivity contribution is 0.568. The molecule has 3 heteroatoms. The van der Waals surface area contributed by atoms with Crippen molar-refractivity contribution in [2.75, 3.05) is 0 Å². The lowest BCUT2D eigenvalue weighted by Crippen LogP contribution is -2.13. The van der Waals surface area contributed by atoms with Gasteiger partial charge in [-0.15, -0.1) is 11.3 Å². The summed E-state index contributed by atoms with van der Waals surface area (Å²) in [4.78, 5) is 5.31. The molecule has 2 nitrogen and oxygen atoms in total. The number of nitrogens with zero attached hydrogens (tertiary/aromatic N) is 2. The highest BCUT2D eigenvalue weighted by Crippen LogP contribution is 2.31. The van der Waals surface area contributed by atoms with Crippen LogP contribution in [-0.2, 0) is 5.41 Å². The molecule has 0 atom stereocenters. The number of hydrogen-bond acceptors (Lipinski definition) is 3. The van der Waals surface area contributed by atoms with Crippen LogP contribution in [0.1, 0.15) is 56.1 Å². The van der Waals surface area contributed by atoms with Crippen LogP contribution in [-0.4, -0.2) is 4.98 Å². The van der Waals surface area contributed by atoms with Crippen molar-refractivity contribution in [3.8, 4) is 6.07 Å². The van der Waals surface area contributed by atoms with Crippen molar-refractivity contribution in [1.29, 1.82) is 5.26 Å². The van der Waals surface area contributed by atoms with Gasteiger partial charge in [0.1, 0.15) is 10.9 Å². The van der Waals surface area contributed by atoms with Gasteiger partial charge in [0, 0.05) is 11.3 Å². The van der Waals surface area contributed by atoms with Gasteiger partial charge in [-0.2, -0.15) is 5.26 Å². The normalized spacial score (nSPS) is 11.8. The van der Waals surface area contributed by atoms with Crippen molar-refractivity contribution in [3.05, 3.63) is 15.6 Å². The quantitative estimate of drug-likeness (QED) is 0.709. The number of thiazole rings is 1. The first-order valence-corrected chi connectivity index (χ1v) is 5.59. The van der Waals surface area contributed by atoms with Crippen LogP contribution >= 0.6 is 11.3 Å². The first kappa shape index (κ1) is 11.2. The Labute approximate surface area is 89.6 Å². The highest BCUT2D eigenvalue weighted by atomic mass is 32.1. The van der Waals surface area contributed by atoms with Crippen molar-refractivity contribution in [2.24, 2.45) is 0 Å². The van der Waals surface area contributed by atoms with E-state index in [4.69, 9.17) is 5.26 Å². The topological polar surface area (TPSA) is 36.7 Å². The summed E-state index contributed by atoms with van der Waals surface area (Å²) in [6, 6.07) is 2.23. The van der Waals surface area contributed by atoms with Crippen LogP contribution in [0.4, 0.5) is 0 Å². The SMILES string of the molecule is CC(C)c1nc(C(C)(C)C)c(C#N)s1. The van der Waals surface area contributed by atoms with E-state index < -0.39 is 0 Å². The Morgan fingerprint density at radius 1 is 1.36 bits per heavy atom. The maximum absolute atomic E-state index is 9.00. The molecule has 76 valence electrons. The van der Waals surface area contributed by atoms with Gasteiger partial charge in [0.15, 0.2) is 0 Å². The molecule has 0 amide bonds. The van der Waals surface area contributed by atoms with E-state index in [2.05, 4.69) is 45.7 Å². The summed E-state index contributed by atoms with van der Waals surface area (Å²) >= 11 is 1.52. The van der Waals surface area contributed by atoms with E-state index in [-0.39, 0.29) is 5.41 Å². The first-order valence-electron chi connectivity index (χ1n) is 4.77. The van der Waals surface area contributed by atoms with Gasteiger partial charge >= 0.3 is 0 Å². The number of hydrogen-bond donors (Lipinski definition) is 0. The molecule has 0 aliphatic heterocycles. The second-order valence-electron chi connectivity index (χ2n) is 4.75. The Bertz CT molecular complexity index is 364. The Kier molecular flexibility index (Phi) is 2.96. The molecule has 0 aromatic carbocycles. The van der Waals surface area contributed by atoms with Crippen LogP contribution < -0.4 is 0 Å². The Morgan fingerprint density at radius 3 is 2.21 bits per heavy atom. The van der Waals surface area contributed by atoms with Gasteiger partial charge in [0.05, 0.1) is 10.7 Å². The van der Waals surface area contributed by atoms with Crippen LogP contribution in [0, 0.1) is 11.3 Å². The molecule has 1 aromatic rings. The van der Waals surface area contributed by atoms with Crippen LogP contribution in [0.25, 0.3) is 0 Å². The number of nitriles is 1. The number of rotatable bonds is 1. The van der Waals surface area contributed by atoms with E-state index in [1.807, 2.05) is 0 Å². The smallest absolute Gasteiger partial charge is 0.128 e. The Balaban J connectivity index is 3.24. The third kappa shape index (κ3) is 2.13. The molecule has 0 fully saturated rings. The minimum absolute atomic E-state index is 0.0330. The summed E-state index contributed by atoms with van der Waals surface area (Å²) in [7, 11) is 0. The van der Waals surface area contributed by atoms with E-state index in [0.29, 0.717) is 5.92 Å². The molecule has 0 saturated carbocycles. The van der Waals surface area contributed by atoms with Crippen LogP contribution in [0.5, 0.6) is 0 Å². The zero-order valence-corrected chi connectivity index (χ0v) is 10.2. The van der Waals surface area contributed by atoms with Gasteiger partial charge in [0.2, 0.25) is 0 Å². The minimum Gasteiger partial charge on any atom is -0.244 e. The van der Waals surface area contributed by atoms with Crippen LogP contribution in [0.3, 0.4) is 0 Å². The molecule has 0 saturated heterocycles. The van der Waals surface area contributed by atoms with E-state index in [0.717, 1.165) is 15.6 Å². The lowest BCUT2D eigenvalue weighted by Gasteiger charge is -2.15. The third-order valence-electron chi connectivity index (χ3n) is 1.95. The minimum atomic E-state index is -0.0330. The zero-order chi connectivity index (χ0) is 10.9. The molecular weight excluding hydrogens is 192 g/mol. The fourth-order valence-electron chi connectivity index (χ4n) is 1.17. The summed E-state index contributed by atoms with van der Waals surface area (Å²) < 4.78 is 0. The van der Waals surface area contributed by atoms with Crippen molar-refractivity contribution in [2.45, 2.75) is 46.0 Å². The Morgan fingerprint density at radius 2 is 1.93 bits per heavy atom. The summed E-state index contributed by atoms with van der Waals surface area (Å²) in [6.07, 6.45) is 0. The van der Waals surface area contributed by atoms with Gasteiger partial charge < -0.3 is 0 Å². The molecule has 0 aliphatic rings. The first-order chi connectivity index (χ1) is 6.36. The maximum Gasteiger partial charge on any atom is 0.128 e. The standard InChI is InChI=1S/C11H16N2S/c1-7(2)10-13-9(11(3,4)5)8(6-12)14-10/h7H,1-5H3. The average Bonchev–Trinajstić information content (AvgIpc) is 2.46. The molecule has 0 bridgehead atoms. The van der Waals surface area contributed by atoms with Gasteiger partial charge in [-0.3, -0.25) is 0 Å². The van der Waals surface area contributed by atoms with E-state index in [1.54, 1.807) is 0 Å². The highest BCUT2D eigenvalue weighted by Gasteiger charge is 2.23. The summed E-state index contributed by atoms with van der Waals surface area (Å²) in [6.45, 7) is 10.5. The van der Waals surface area contributed by atoms with Crippen LogP contribution in [0.2, 0.25) is 0 Å². The second-order valence-corrected chi connectivity index (χ2v) is 5.78. The largest absolute Gasteiger partial charge is 0.244 e. The predicted octanol–water partition coefficient (Wildman–Crippen LogP) is 3.44. The Hall–Kier alpha value is -0.880. The predicted molar refractivity (Wildman–Crippen MR) is 59.6 cm³/mol. The van der Waals surface area contributed by atoms with Gasteiger partial charge in [-0.05, 0) is 0 Å². The summed E-state index contributed by atoms with van der Waals surface area (Å²) in [5.74, 6) is 0.406. The molecule has 0 spiro atoms. The highest BCUT2D eigenvalue weighted by molar-refractivity contribution is 7.12. The molecular formula is C11H16N2S. The van der Waals surface area contributed by atoms with E-state index in [1.165, 1.54) is 11.3 Å². The van der Waals surface area contributed by atoms with Crippen molar-refractivity contribution >= 4 is 11.3 Å².